The third-order valence-corrected chi connectivity index (χ3v) is 3.84. The molecule has 1 rings (SSSR count). The van der Waals surface area contributed by atoms with Gasteiger partial charge in [-0.15, -0.1) is 0 Å². The topological polar surface area (TPSA) is 66.5 Å². The van der Waals surface area contributed by atoms with Crippen molar-refractivity contribution in [1.82, 2.24) is 9.62 Å². The third kappa shape index (κ3) is 2.85. The molecule has 0 saturated carbocycles. The fraction of sp³-hybridized carbons (Fsp3) is 0.750. The number of carbonyl (C=O) groups excluding carboxylic acids is 3. The molecule has 0 aromatic rings. The van der Waals surface area contributed by atoms with Gasteiger partial charge in [-0.3, -0.25) is 14.4 Å². The molecular weight excluding hydrogens is 252 g/mol. The highest BCUT2D eigenvalue weighted by Gasteiger charge is 2.40. The third-order valence-electron chi connectivity index (χ3n) is 3.62. The Kier molecular flexibility index (Phi) is 4.78. The van der Waals surface area contributed by atoms with Crippen molar-refractivity contribution in [2.75, 3.05) is 6.54 Å². The van der Waals surface area contributed by atoms with Crippen molar-refractivity contribution < 1.29 is 14.4 Å². The van der Waals surface area contributed by atoms with E-state index in [0.717, 1.165) is 6.42 Å². The lowest BCUT2D eigenvalue weighted by atomic mass is 9.84. The second kappa shape index (κ2) is 5.73. The van der Waals surface area contributed by atoms with Gasteiger partial charge in [0, 0.05) is 12.0 Å². The molecule has 5 nitrogen and oxygen atoms in total. The van der Waals surface area contributed by atoms with E-state index in [2.05, 4.69) is 17.5 Å². The number of carbonyl (C=O) groups is 3. The molecule has 2 amide bonds. The lowest BCUT2D eigenvalue weighted by Crippen LogP contribution is -2.49. The molecule has 0 bridgehead atoms. The van der Waals surface area contributed by atoms with Crippen LogP contribution in [-0.4, -0.2) is 35.1 Å². The molecule has 1 fully saturated rings. The molecular formula is C12H20N2O3S. The number of thiol groups is 1. The highest BCUT2D eigenvalue weighted by molar-refractivity contribution is 7.78. The van der Waals surface area contributed by atoms with E-state index >= 15 is 0 Å². The number of hydrogen-bond acceptors (Lipinski definition) is 4. The van der Waals surface area contributed by atoms with Crippen LogP contribution in [-0.2, 0) is 14.4 Å². The van der Waals surface area contributed by atoms with Crippen molar-refractivity contribution >= 4 is 30.4 Å². The van der Waals surface area contributed by atoms with Crippen LogP contribution in [0.3, 0.4) is 0 Å². The van der Waals surface area contributed by atoms with Crippen LogP contribution in [0.1, 0.15) is 40.0 Å². The molecule has 18 heavy (non-hydrogen) atoms. The highest BCUT2D eigenvalue weighted by Crippen LogP contribution is 2.25. The summed E-state index contributed by atoms with van der Waals surface area (Å²) in [5.74, 6) is -1.31. The first kappa shape index (κ1) is 15.0. The standard InChI is InChI=1S/C12H20N2O3S/c1-4-12(2,3)9(15)11(17)14-7-5-6-8(14)10(16)13-18/h8,18H,4-7H2,1-3H3,(H,13,16). The van der Waals surface area contributed by atoms with Crippen molar-refractivity contribution in [3.8, 4) is 0 Å². The summed E-state index contributed by atoms with van der Waals surface area (Å²) in [6, 6.07) is -0.563. The van der Waals surface area contributed by atoms with Crippen LogP contribution in [0.2, 0.25) is 0 Å². The molecule has 0 spiro atoms. The number of likely N-dealkylation sites (tertiary alicyclic amines) is 1. The molecule has 0 aromatic carbocycles. The summed E-state index contributed by atoms with van der Waals surface area (Å²) >= 11 is 3.70. The van der Waals surface area contributed by atoms with Crippen LogP contribution in [0.5, 0.6) is 0 Å². The number of nitrogens with zero attached hydrogens (tertiary/aromatic N) is 1. The maximum Gasteiger partial charge on any atom is 0.291 e. The van der Waals surface area contributed by atoms with Gasteiger partial charge in [-0.1, -0.05) is 33.6 Å². The SMILES string of the molecule is CCC(C)(C)C(=O)C(=O)N1CCCC1C(=O)NS. The van der Waals surface area contributed by atoms with Gasteiger partial charge in [-0.05, 0) is 19.3 Å². The molecule has 1 heterocycles. The van der Waals surface area contributed by atoms with E-state index in [1.807, 2.05) is 6.92 Å². The van der Waals surface area contributed by atoms with E-state index in [-0.39, 0.29) is 5.91 Å². The predicted octanol–water partition coefficient (Wildman–Crippen LogP) is 0.944. The Balaban J connectivity index is 2.84. The average Bonchev–Trinajstić information content (AvgIpc) is 2.85. The first-order valence-corrected chi connectivity index (χ1v) is 6.59. The van der Waals surface area contributed by atoms with Crippen LogP contribution in [0.4, 0.5) is 0 Å². The van der Waals surface area contributed by atoms with Crippen molar-refractivity contribution in [3.05, 3.63) is 0 Å². The molecule has 1 unspecified atom stereocenters. The Labute approximate surface area is 113 Å². The molecule has 0 aromatic heterocycles. The number of Topliss-reactive ketones (excluding diaryl/α,β-unsaturated/α-hetero) is 1. The Bertz CT molecular complexity index is 368. The summed E-state index contributed by atoms with van der Waals surface area (Å²) in [4.78, 5) is 37.2. The van der Waals surface area contributed by atoms with Gasteiger partial charge in [-0.2, -0.15) is 0 Å². The summed E-state index contributed by atoms with van der Waals surface area (Å²) in [5, 5.41) is 0. The zero-order chi connectivity index (χ0) is 13.9. The van der Waals surface area contributed by atoms with Gasteiger partial charge in [-0.25, -0.2) is 0 Å². The monoisotopic (exact) mass is 272 g/mol. The molecule has 1 saturated heterocycles. The van der Waals surface area contributed by atoms with Crippen LogP contribution < -0.4 is 4.72 Å². The van der Waals surface area contributed by atoms with Crippen LogP contribution in [0.15, 0.2) is 0 Å². The summed E-state index contributed by atoms with van der Waals surface area (Å²) in [6.45, 7) is 5.82. The lowest BCUT2D eigenvalue weighted by Gasteiger charge is -2.27. The Hall–Kier alpha value is -1.04. The smallest absolute Gasteiger partial charge is 0.291 e. The molecule has 6 heteroatoms. The van der Waals surface area contributed by atoms with Gasteiger partial charge in [0.15, 0.2) is 0 Å². The number of rotatable bonds is 4. The van der Waals surface area contributed by atoms with Crippen LogP contribution in [0.25, 0.3) is 0 Å². The van der Waals surface area contributed by atoms with Gasteiger partial charge in [0.2, 0.25) is 5.78 Å². The zero-order valence-corrected chi connectivity index (χ0v) is 11.9. The molecule has 1 aliphatic rings. The van der Waals surface area contributed by atoms with E-state index in [1.165, 1.54) is 4.90 Å². The number of amides is 2. The number of hydrogen-bond donors (Lipinski definition) is 2. The van der Waals surface area contributed by atoms with Gasteiger partial charge in [0.25, 0.3) is 11.8 Å². The fourth-order valence-electron chi connectivity index (χ4n) is 1.94. The second-order valence-electron chi connectivity index (χ2n) is 5.20. The summed E-state index contributed by atoms with van der Waals surface area (Å²) in [6.07, 6.45) is 1.91. The summed E-state index contributed by atoms with van der Waals surface area (Å²) in [7, 11) is 0. The minimum Gasteiger partial charge on any atom is -0.324 e. The van der Waals surface area contributed by atoms with Crippen molar-refractivity contribution in [2.24, 2.45) is 5.41 Å². The van der Waals surface area contributed by atoms with Gasteiger partial charge in [0.1, 0.15) is 6.04 Å². The van der Waals surface area contributed by atoms with E-state index in [0.29, 0.717) is 19.4 Å². The van der Waals surface area contributed by atoms with E-state index < -0.39 is 23.1 Å². The normalized spacial score (nSPS) is 19.8. The minimum atomic E-state index is -0.679. The van der Waals surface area contributed by atoms with E-state index in [9.17, 15) is 14.4 Å². The summed E-state index contributed by atoms with van der Waals surface area (Å²) in [5.41, 5.74) is -0.679. The van der Waals surface area contributed by atoms with Crippen molar-refractivity contribution in [3.63, 3.8) is 0 Å². The Morgan fingerprint density at radius 3 is 2.50 bits per heavy atom. The molecule has 1 atom stereocenters. The van der Waals surface area contributed by atoms with Gasteiger partial charge >= 0.3 is 0 Å². The number of ketones is 1. The predicted molar refractivity (Wildman–Crippen MR) is 70.9 cm³/mol. The number of nitrogens with one attached hydrogen (secondary N) is 1. The van der Waals surface area contributed by atoms with Crippen molar-refractivity contribution in [1.29, 1.82) is 0 Å². The quantitative estimate of drug-likeness (QED) is 0.591. The molecule has 1 N–H and O–H groups in total. The lowest BCUT2D eigenvalue weighted by molar-refractivity contribution is -0.151. The first-order valence-electron chi connectivity index (χ1n) is 6.14. The van der Waals surface area contributed by atoms with Gasteiger partial charge < -0.3 is 9.62 Å². The maximum atomic E-state index is 12.2. The van der Waals surface area contributed by atoms with Crippen LogP contribution in [0, 0.1) is 5.41 Å². The molecule has 0 aliphatic carbocycles. The second-order valence-corrected chi connectivity index (χ2v) is 5.42. The highest BCUT2D eigenvalue weighted by atomic mass is 32.1. The van der Waals surface area contributed by atoms with Crippen molar-refractivity contribution in [2.45, 2.75) is 46.1 Å². The molecule has 102 valence electrons. The van der Waals surface area contributed by atoms with E-state index in [4.69, 9.17) is 0 Å². The first-order chi connectivity index (χ1) is 8.35. The Morgan fingerprint density at radius 2 is 2.00 bits per heavy atom. The van der Waals surface area contributed by atoms with Crippen LogP contribution >= 0.6 is 12.8 Å². The zero-order valence-electron chi connectivity index (χ0n) is 11.0. The fourth-order valence-corrected chi connectivity index (χ4v) is 2.09. The van der Waals surface area contributed by atoms with E-state index in [1.54, 1.807) is 13.8 Å². The Morgan fingerprint density at radius 1 is 1.39 bits per heavy atom. The summed E-state index contributed by atoms with van der Waals surface area (Å²) < 4.78 is 2.23. The molecule has 1 aliphatic heterocycles. The maximum absolute atomic E-state index is 12.2. The average molecular weight is 272 g/mol. The largest absolute Gasteiger partial charge is 0.324 e. The molecule has 0 radical (unpaired) electrons. The van der Waals surface area contributed by atoms with Gasteiger partial charge in [0.05, 0.1) is 0 Å². The minimum absolute atomic E-state index is 0.328.